The molecule has 16 heteroatoms. The molecule has 16 nitrogen and oxygen atoms in total. The van der Waals surface area contributed by atoms with E-state index in [4.69, 9.17) is 42.6 Å². The van der Waals surface area contributed by atoms with Crippen LogP contribution in [0.1, 0.15) is 28.9 Å². The van der Waals surface area contributed by atoms with Crippen LogP contribution in [-0.2, 0) is 23.7 Å². The summed E-state index contributed by atoms with van der Waals surface area (Å²) in [5.41, 5.74) is 1.52. The third-order valence-corrected chi connectivity index (χ3v) is 9.24. The van der Waals surface area contributed by atoms with Crippen molar-refractivity contribution in [3.05, 3.63) is 65.2 Å². The van der Waals surface area contributed by atoms with Gasteiger partial charge in [0, 0.05) is 24.5 Å². The van der Waals surface area contributed by atoms with Crippen molar-refractivity contribution >= 4 is 12.0 Å². The second kappa shape index (κ2) is 17.2. The third-order valence-electron chi connectivity index (χ3n) is 9.24. The predicted octanol–water partition coefficient (Wildman–Crippen LogP) is 2.60. The lowest BCUT2D eigenvalue weighted by Gasteiger charge is -2.37. The lowest BCUT2D eigenvalue weighted by molar-refractivity contribution is -0.277. The van der Waals surface area contributed by atoms with Crippen LogP contribution in [0, 0.1) is 11.8 Å². The summed E-state index contributed by atoms with van der Waals surface area (Å²) in [5, 5.41) is 63.6. The smallest absolute Gasteiger partial charge is 0.331 e. The van der Waals surface area contributed by atoms with Crippen molar-refractivity contribution in [3.63, 3.8) is 0 Å². The highest BCUT2D eigenvalue weighted by Crippen LogP contribution is 2.53. The Hall–Kier alpha value is -4.97. The highest BCUT2D eigenvalue weighted by molar-refractivity contribution is 5.87. The maximum atomic E-state index is 12.8. The molecule has 2 aliphatic heterocycles. The van der Waals surface area contributed by atoms with E-state index >= 15 is 0 Å². The van der Waals surface area contributed by atoms with Gasteiger partial charge in [0.05, 0.1) is 61.0 Å². The average Bonchev–Trinajstić information content (AvgIpc) is 3.54. The number of hydrogen-bond acceptors (Lipinski definition) is 16. The van der Waals surface area contributed by atoms with Crippen LogP contribution in [-0.4, -0.2) is 117 Å². The quantitative estimate of drug-likeness (QED) is 0.103. The molecule has 2 saturated heterocycles. The SMILES string of the molecule is COc1cc(/C=C/C(=O)O[C@@H]2[C@@H](O)[C@H](OC[C@H]3[C@H](CO)[C@@H](c4cc(OC)c(O)c(OC)c4)O[C@@H]3c3cc(OC)c(O)c(OC)c3)OC[C@H]2O)ccc1O. The molecule has 2 fully saturated rings. The minimum atomic E-state index is -1.63. The zero-order valence-electron chi connectivity index (χ0n) is 29.7. The largest absolute Gasteiger partial charge is 0.504 e. The van der Waals surface area contributed by atoms with E-state index in [1.807, 2.05) is 0 Å². The molecule has 0 amide bonds. The van der Waals surface area contributed by atoms with Gasteiger partial charge in [-0.05, 0) is 59.2 Å². The molecule has 0 aliphatic carbocycles. The van der Waals surface area contributed by atoms with Gasteiger partial charge in [0.1, 0.15) is 12.2 Å². The van der Waals surface area contributed by atoms with Crippen molar-refractivity contribution in [1.29, 1.82) is 0 Å². The van der Waals surface area contributed by atoms with Gasteiger partial charge in [-0.1, -0.05) is 6.07 Å². The molecule has 8 atom stereocenters. The Morgan fingerprint density at radius 2 is 1.30 bits per heavy atom. The highest BCUT2D eigenvalue weighted by Gasteiger charge is 2.48. The Balaban J connectivity index is 1.40. The number of carbonyl (C=O) groups is 1. The summed E-state index contributed by atoms with van der Waals surface area (Å²) in [6.45, 7) is -0.931. The Labute approximate surface area is 305 Å². The number of benzene rings is 3. The summed E-state index contributed by atoms with van der Waals surface area (Å²) in [6.07, 6.45) is -4.97. The molecule has 6 N–H and O–H groups in total. The van der Waals surface area contributed by atoms with Crippen LogP contribution < -0.4 is 23.7 Å². The van der Waals surface area contributed by atoms with Crippen LogP contribution in [0.25, 0.3) is 6.08 Å². The Bertz CT molecular complexity index is 1710. The minimum absolute atomic E-state index is 0.0774. The molecule has 2 aliphatic rings. The van der Waals surface area contributed by atoms with Gasteiger partial charge in [-0.3, -0.25) is 0 Å². The van der Waals surface area contributed by atoms with Gasteiger partial charge >= 0.3 is 5.97 Å². The molecule has 3 aromatic carbocycles. The Morgan fingerprint density at radius 1 is 0.774 bits per heavy atom. The monoisotopic (exact) mass is 744 g/mol. The number of methoxy groups -OCH3 is 5. The third kappa shape index (κ3) is 8.32. The standard InChI is InChI=1S/C37H44O16/c1-45-25-10-18(6-8-23(25)39)7-9-30(41)52-36-24(40)17-51-37(33(36)44)50-16-22-21(15-38)34(19-11-26(46-2)31(42)27(12-19)47-3)53-35(22)20-13-28(48-4)32(43)29(14-20)49-5/h6-14,21-22,24,33-40,42-44H,15-17H2,1-5H3/b9-7+/t21-,22-,24+,33+,34+,35+,36-,37+/m0/s1. The normalized spacial score (nSPS) is 25.6. The summed E-state index contributed by atoms with van der Waals surface area (Å²) in [4.78, 5) is 12.8. The van der Waals surface area contributed by atoms with Crippen LogP contribution in [0.3, 0.4) is 0 Å². The summed E-state index contributed by atoms with van der Waals surface area (Å²) in [6, 6.07) is 10.7. The Morgan fingerprint density at radius 3 is 1.81 bits per heavy atom. The topological polar surface area (TPSA) is 222 Å². The van der Waals surface area contributed by atoms with Gasteiger partial charge in [-0.25, -0.2) is 4.79 Å². The number of phenolic OH excluding ortho intramolecular Hbond substituents is 3. The van der Waals surface area contributed by atoms with Crippen molar-refractivity contribution in [2.24, 2.45) is 11.8 Å². The summed E-state index contributed by atoms with van der Waals surface area (Å²) in [5.74, 6) is -2.12. The van der Waals surface area contributed by atoms with E-state index in [-0.39, 0.29) is 59.2 Å². The second-order valence-corrected chi connectivity index (χ2v) is 12.3. The first-order valence-corrected chi connectivity index (χ1v) is 16.5. The first-order valence-electron chi connectivity index (χ1n) is 16.5. The molecule has 0 radical (unpaired) electrons. The van der Waals surface area contributed by atoms with Crippen LogP contribution in [0.2, 0.25) is 0 Å². The lowest BCUT2D eigenvalue weighted by atomic mass is 9.83. The first kappa shape index (κ1) is 39.2. The number of carbonyl (C=O) groups excluding carboxylic acids is 1. The number of ether oxygens (including phenoxy) is 9. The number of aromatic hydroxyl groups is 3. The number of hydrogen-bond donors (Lipinski definition) is 6. The summed E-state index contributed by atoms with van der Waals surface area (Å²) >= 11 is 0. The van der Waals surface area contributed by atoms with Crippen molar-refractivity contribution in [2.75, 3.05) is 55.4 Å². The maximum Gasteiger partial charge on any atom is 0.331 e. The average molecular weight is 745 g/mol. The lowest BCUT2D eigenvalue weighted by Crippen LogP contribution is -2.55. The van der Waals surface area contributed by atoms with Crippen LogP contribution in [0.4, 0.5) is 0 Å². The highest BCUT2D eigenvalue weighted by atomic mass is 16.7. The molecular formula is C37H44O16. The van der Waals surface area contributed by atoms with E-state index in [0.29, 0.717) is 16.7 Å². The van der Waals surface area contributed by atoms with Crippen molar-refractivity contribution in [2.45, 2.75) is 36.8 Å². The number of rotatable bonds is 14. The van der Waals surface area contributed by atoms with Crippen molar-refractivity contribution in [1.82, 2.24) is 0 Å². The van der Waals surface area contributed by atoms with E-state index in [0.717, 1.165) is 6.08 Å². The van der Waals surface area contributed by atoms with Crippen molar-refractivity contribution < 1.29 is 78.1 Å². The minimum Gasteiger partial charge on any atom is -0.504 e. The molecule has 3 aromatic rings. The van der Waals surface area contributed by atoms with Crippen LogP contribution in [0.15, 0.2) is 48.5 Å². The van der Waals surface area contributed by atoms with Gasteiger partial charge < -0.3 is 73.3 Å². The van der Waals surface area contributed by atoms with Gasteiger partial charge in [0.2, 0.25) is 11.5 Å². The van der Waals surface area contributed by atoms with E-state index < -0.39 is 61.2 Å². The Kier molecular flexibility index (Phi) is 12.8. The molecule has 0 unspecified atom stereocenters. The van der Waals surface area contributed by atoms with E-state index in [1.165, 1.54) is 53.8 Å². The number of aliphatic hydroxyl groups is 3. The maximum absolute atomic E-state index is 12.8. The van der Waals surface area contributed by atoms with E-state index in [9.17, 15) is 35.4 Å². The van der Waals surface area contributed by atoms with Gasteiger partial charge in [0.25, 0.3) is 0 Å². The molecule has 5 rings (SSSR count). The fourth-order valence-electron chi connectivity index (χ4n) is 6.46. The predicted molar refractivity (Wildman–Crippen MR) is 184 cm³/mol. The molecule has 0 bridgehead atoms. The summed E-state index contributed by atoms with van der Waals surface area (Å²) in [7, 11) is 6.90. The number of aliphatic hydroxyl groups excluding tert-OH is 3. The molecule has 53 heavy (non-hydrogen) atoms. The van der Waals surface area contributed by atoms with Gasteiger partial charge in [-0.2, -0.15) is 0 Å². The number of phenols is 3. The van der Waals surface area contributed by atoms with Crippen LogP contribution >= 0.6 is 0 Å². The molecule has 0 spiro atoms. The van der Waals surface area contributed by atoms with E-state index in [2.05, 4.69) is 0 Å². The molecule has 288 valence electrons. The molecule has 2 heterocycles. The molecule has 0 aromatic heterocycles. The second-order valence-electron chi connectivity index (χ2n) is 12.3. The van der Waals surface area contributed by atoms with E-state index in [1.54, 1.807) is 30.3 Å². The van der Waals surface area contributed by atoms with Crippen molar-refractivity contribution in [3.8, 4) is 46.0 Å². The van der Waals surface area contributed by atoms with Gasteiger partial charge in [0.15, 0.2) is 46.9 Å². The summed E-state index contributed by atoms with van der Waals surface area (Å²) < 4.78 is 50.3. The zero-order chi connectivity index (χ0) is 38.4. The fourth-order valence-corrected chi connectivity index (χ4v) is 6.46. The molecular weight excluding hydrogens is 700 g/mol. The van der Waals surface area contributed by atoms with Crippen LogP contribution in [0.5, 0.6) is 46.0 Å². The van der Waals surface area contributed by atoms with Gasteiger partial charge in [-0.15, -0.1) is 0 Å². The first-order chi connectivity index (χ1) is 25.5. The zero-order valence-corrected chi connectivity index (χ0v) is 29.7. The fraction of sp³-hybridized carbons (Fsp3) is 0.432. The number of esters is 1. The molecule has 0 saturated carbocycles.